The van der Waals surface area contributed by atoms with Crippen LogP contribution in [0, 0.1) is 13.8 Å². The van der Waals surface area contributed by atoms with Gasteiger partial charge in [0.05, 0.1) is 30.0 Å². The summed E-state index contributed by atoms with van der Waals surface area (Å²) in [6.45, 7) is 4.67. The number of aliphatic hydroxyl groups is 1. The van der Waals surface area contributed by atoms with Gasteiger partial charge in [-0.2, -0.15) is 5.10 Å². The fourth-order valence-electron chi connectivity index (χ4n) is 3.86. The van der Waals surface area contributed by atoms with E-state index in [0.717, 1.165) is 6.54 Å². The summed E-state index contributed by atoms with van der Waals surface area (Å²) in [7, 11) is 5.47. The zero-order chi connectivity index (χ0) is 22.0. The van der Waals surface area contributed by atoms with Crippen LogP contribution in [0.1, 0.15) is 35.0 Å². The first kappa shape index (κ1) is 21.6. The molecule has 2 aromatic rings. The number of methoxy groups -OCH3 is 1. The summed E-state index contributed by atoms with van der Waals surface area (Å²) in [6.07, 6.45) is 0.699. The van der Waals surface area contributed by atoms with Crippen LogP contribution in [0.5, 0.6) is 5.75 Å². The summed E-state index contributed by atoms with van der Waals surface area (Å²) in [5.74, 6) is -0.894. The number of aromatic amines is 1. The molecule has 0 bridgehead atoms. The van der Waals surface area contributed by atoms with Gasteiger partial charge in [0, 0.05) is 12.2 Å². The number of nitrogens with one attached hydrogen (secondary N) is 1. The van der Waals surface area contributed by atoms with E-state index in [2.05, 4.69) is 10.2 Å². The smallest absolute Gasteiger partial charge is 0.295 e. The first-order valence-corrected chi connectivity index (χ1v) is 9.85. The van der Waals surface area contributed by atoms with Crippen molar-refractivity contribution in [2.45, 2.75) is 26.3 Å². The van der Waals surface area contributed by atoms with Crippen molar-refractivity contribution < 1.29 is 19.4 Å². The topological polar surface area (TPSA) is 98.8 Å². The first-order chi connectivity index (χ1) is 14.3. The minimum absolute atomic E-state index is 0.0747. The van der Waals surface area contributed by atoms with Crippen molar-refractivity contribution in [2.75, 3.05) is 34.3 Å². The normalized spacial score (nSPS) is 18.5. The van der Waals surface area contributed by atoms with Gasteiger partial charge in [-0.1, -0.05) is 12.1 Å². The van der Waals surface area contributed by atoms with Gasteiger partial charge in [0.15, 0.2) is 0 Å². The number of aryl methyl sites for hydroxylation is 2. The molecule has 8 heteroatoms. The minimum atomic E-state index is -0.698. The van der Waals surface area contributed by atoms with E-state index in [1.165, 1.54) is 4.90 Å². The van der Waals surface area contributed by atoms with Crippen LogP contribution in [-0.2, 0) is 9.59 Å². The van der Waals surface area contributed by atoms with Crippen molar-refractivity contribution in [1.82, 2.24) is 20.0 Å². The highest BCUT2D eigenvalue weighted by atomic mass is 16.5. The lowest BCUT2D eigenvalue weighted by atomic mass is 9.94. The van der Waals surface area contributed by atoms with Gasteiger partial charge in [0.1, 0.15) is 11.5 Å². The summed E-state index contributed by atoms with van der Waals surface area (Å²) >= 11 is 0. The molecule has 1 atom stereocenters. The lowest BCUT2D eigenvalue weighted by molar-refractivity contribution is -0.139. The lowest BCUT2D eigenvalue weighted by Crippen LogP contribution is -2.32. The molecule has 3 rings (SSSR count). The number of ketones is 1. The summed E-state index contributed by atoms with van der Waals surface area (Å²) in [5.41, 5.74) is 2.43. The third kappa shape index (κ3) is 3.95. The van der Waals surface area contributed by atoms with Crippen LogP contribution < -0.4 is 4.74 Å². The zero-order valence-electron chi connectivity index (χ0n) is 18.0. The second kappa shape index (κ2) is 8.71. The molecule has 0 saturated carbocycles. The van der Waals surface area contributed by atoms with Gasteiger partial charge in [-0.25, -0.2) is 0 Å². The van der Waals surface area contributed by atoms with Crippen LogP contribution in [0.2, 0.25) is 0 Å². The number of rotatable bonds is 7. The molecule has 30 heavy (non-hydrogen) atoms. The highest BCUT2D eigenvalue weighted by Crippen LogP contribution is 2.41. The molecule has 2 N–H and O–H groups in total. The maximum Gasteiger partial charge on any atom is 0.295 e. The molecule has 0 aliphatic carbocycles. The highest BCUT2D eigenvalue weighted by molar-refractivity contribution is 6.46. The van der Waals surface area contributed by atoms with Gasteiger partial charge >= 0.3 is 0 Å². The molecule has 1 aliphatic rings. The number of amides is 1. The Morgan fingerprint density at radius 3 is 2.63 bits per heavy atom. The number of aliphatic hydroxyl groups excluding tert-OH is 1. The number of aromatic nitrogens is 2. The predicted molar refractivity (Wildman–Crippen MR) is 113 cm³/mol. The average Bonchev–Trinajstić information content (AvgIpc) is 3.18. The second-order valence-electron chi connectivity index (χ2n) is 7.73. The van der Waals surface area contributed by atoms with E-state index in [1.54, 1.807) is 33.1 Å². The molecule has 1 aromatic heterocycles. The Kier molecular flexibility index (Phi) is 6.26. The third-order valence-corrected chi connectivity index (χ3v) is 5.32. The Bertz CT molecular complexity index is 973. The van der Waals surface area contributed by atoms with Gasteiger partial charge in [0.2, 0.25) is 0 Å². The van der Waals surface area contributed by atoms with E-state index >= 15 is 0 Å². The molecule has 0 unspecified atom stereocenters. The van der Waals surface area contributed by atoms with Crippen molar-refractivity contribution >= 4 is 17.4 Å². The van der Waals surface area contributed by atoms with Crippen LogP contribution >= 0.6 is 0 Å². The standard InChI is InChI=1S/C22H28N4O4/c1-13-17(14(2)24-23-13)20(27)18-19(15-8-6-9-16(12-15)30-5)26(22(29)21(18)28)11-7-10-25(3)4/h6,8-9,12,19,27H,7,10-11H2,1-5H3,(H,23,24)/b20-18+/t19-/m1/s1. The van der Waals surface area contributed by atoms with Gasteiger partial charge in [-0.3, -0.25) is 14.7 Å². The number of H-pyrrole nitrogens is 1. The number of nitrogens with zero attached hydrogens (tertiary/aromatic N) is 3. The molecule has 2 heterocycles. The molecule has 1 amide bonds. The maximum absolute atomic E-state index is 13.0. The predicted octanol–water partition coefficient (Wildman–Crippen LogP) is 2.41. The second-order valence-corrected chi connectivity index (χ2v) is 7.73. The van der Waals surface area contributed by atoms with Crippen molar-refractivity contribution in [3.8, 4) is 5.75 Å². The lowest BCUT2D eigenvalue weighted by Gasteiger charge is -2.26. The summed E-state index contributed by atoms with van der Waals surface area (Å²) in [5, 5.41) is 18.1. The van der Waals surface area contributed by atoms with Crippen LogP contribution in [0.4, 0.5) is 0 Å². The number of carbonyl (C=O) groups excluding carboxylic acids is 2. The van der Waals surface area contributed by atoms with Crippen molar-refractivity contribution in [3.05, 3.63) is 52.4 Å². The largest absolute Gasteiger partial charge is 0.507 e. The quantitative estimate of drug-likeness (QED) is 0.412. The van der Waals surface area contributed by atoms with Crippen LogP contribution in [0.3, 0.4) is 0 Å². The summed E-state index contributed by atoms with van der Waals surface area (Å²) < 4.78 is 5.33. The van der Waals surface area contributed by atoms with E-state index < -0.39 is 17.7 Å². The van der Waals surface area contributed by atoms with Crippen molar-refractivity contribution in [2.24, 2.45) is 0 Å². The third-order valence-electron chi connectivity index (χ3n) is 5.32. The Morgan fingerprint density at radius 1 is 1.30 bits per heavy atom. The van der Waals surface area contributed by atoms with Gasteiger partial charge in [0.25, 0.3) is 11.7 Å². The van der Waals surface area contributed by atoms with Crippen molar-refractivity contribution in [1.29, 1.82) is 0 Å². The molecule has 1 saturated heterocycles. The Labute approximate surface area is 176 Å². The number of likely N-dealkylation sites (tertiary alicyclic amines) is 1. The number of carbonyl (C=O) groups is 2. The molecule has 8 nitrogen and oxygen atoms in total. The summed E-state index contributed by atoms with van der Waals surface area (Å²) in [6, 6.07) is 6.53. The molecule has 0 radical (unpaired) electrons. The van der Waals surface area contributed by atoms with E-state index in [1.807, 2.05) is 31.1 Å². The van der Waals surface area contributed by atoms with Crippen LogP contribution in [0.25, 0.3) is 5.76 Å². The molecular formula is C22H28N4O4. The van der Waals surface area contributed by atoms with E-state index in [-0.39, 0.29) is 11.3 Å². The fraction of sp³-hybridized carbons (Fsp3) is 0.409. The molecule has 160 valence electrons. The van der Waals surface area contributed by atoms with Gasteiger partial charge in [-0.15, -0.1) is 0 Å². The number of benzene rings is 1. The Balaban J connectivity index is 2.14. The monoisotopic (exact) mass is 412 g/mol. The van der Waals surface area contributed by atoms with Gasteiger partial charge in [-0.05, 0) is 58.6 Å². The van der Waals surface area contributed by atoms with E-state index in [9.17, 15) is 14.7 Å². The van der Waals surface area contributed by atoms with Crippen LogP contribution in [0.15, 0.2) is 29.8 Å². The average molecular weight is 412 g/mol. The minimum Gasteiger partial charge on any atom is -0.507 e. The number of hydrogen-bond acceptors (Lipinski definition) is 6. The first-order valence-electron chi connectivity index (χ1n) is 9.85. The molecule has 0 spiro atoms. The van der Waals surface area contributed by atoms with Crippen LogP contribution in [-0.4, -0.2) is 71.1 Å². The van der Waals surface area contributed by atoms with Gasteiger partial charge < -0.3 is 19.6 Å². The SMILES string of the molecule is COc1cccc([C@@H]2/C(=C(\O)c3c(C)n[nH]c3C)C(=O)C(=O)N2CCCN(C)C)c1. The molecule has 1 aliphatic heterocycles. The fourth-order valence-corrected chi connectivity index (χ4v) is 3.86. The zero-order valence-corrected chi connectivity index (χ0v) is 18.0. The molecule has 1 aromatic carbocycles. The highest BCUT2D eigenvalue weighted by Gasteiger charge is 2.46. The molecule has 1 fully saturated rings. The summed E-state index contributed by atoms with van der Waals surface area (Å²) in [4.78, 5) is 29.5. The Morgan fingerprint density at radius 2 is 2.03 bits per heavy atom. The molecular weight excluding hydrogens is 384 g/mol. The van der Waals surface area contributed by atoms with E-state index in [0.29, 0.717) is 41.2 Å². The number of hydrogen-bond donors (Lipinski definition) is 2. The Hall–Kier alpha value is -3.13. The van der Waals surface area contributed by atoms with E-state index in [4.69, 9.17) is 4.74 Å². The number of ether oxygens (including phenoxy) is 1. The number of Topliss-reactive ketones (excluding diaryl/α,β-unsaturated/α-hetero) is 1. The van der Waals surface area contributed by atoms with Crippen molar-refractivity contribution in [3.63, 3.8) is 0 Å². The maximum atomic E-state index is 13.0.